The van der Waals surface area contributed by atoms with Crippen LogP contribution in [0.4, 0.5) is 0 Å². The molecule has 0 amide bonds. The largest absolute Gasteiger partial charge is 0.481 e. The molecule has 0 aromatic carbocycles. The van der Waals surface area contributed by atoms with Gasteiger partial charge in [-0.25, -0.2) is 0 Å². The van der Waals surface area contributed by atoms with E-state index >= 15 is 0 Å². The number of hydrogen-bond acceptors (Lipinski definition) is 2. The van der Waals surface area contributed by atoms with Crippen molar-refractivity contribution in [1.29, 1.82) is 0 Å². The van der Waals surface area contributed by atoms with Crippen LogP contribution in [0.2, 0.25) is 0 Å². The van der Waals surface area contributed by atoms with Crippen molar-refractivity contribution in [3.63, 3.8) is 0 Å². The molecule has 0 saturated heterocycles. The molecular weight excluding hydrogens is 324 g/mol. The van der Waals surface area contributed by atoms with E-state index < -0.39 is 5.97 Å². The van der Waals surface area contributed by atoms with Crippen LogP contribution in [0.15, 0.2) is 23.8 Å². The van der Waals surface area contributed by atoms with E-state index in [0.29, 0.717) is 18.3 Å². The van der Waals surface area contributed by atoms with E-state index in [-0.39, 0.29) is 18.4 Å². The zero-order valence-corrected chi connectivity index (χ0v) is 16.5. The van der Waals surface area contributed by atoms with Crippen molar-refractivity contribution in [3.8, 4) is 0 Å². The van der Waals surface area contributed by atoms with Crippen LogP contribution in [0.1, 0.15) is 90.4 Å². The average Bonchev–Trinajstić information content (AvgIpc) is 3.12. The number of rotatable bonds is 13. The maximum Gasteiger partial charge on any atom is 0.303 e. The molecule has 0 unspecified atom stereocenters. The molecule has 0 heterocycles. The maximum atomic E-state index is 10.8. The molecule has 0 radical (unpaired) electrons. The number of aliphatic carboxylic acids is 1. The maximum absolute atomic E-state index is 10.8. The van der Waals surface area contributed by atoms with Crippen LogP contribution in [-0.2, 0) is 4.79 Å². The van der Waals surface area contributed by atoms with Gasteiger partial charge in [-0.15, -0.1) is 0 Å². The second-order valence-electron chi connectivity index (χ2n) is 8.32. The highest BCUT2D eigenvalue weighted by atomic mass is 16.4. The Balaban J connectivity index is 1.62. The SMILES string of the molecule is CCCCCCCCCCC=C[C@@H]1[C@H]2CC(CCC(=O)O)=C[C@H]2C[C@H]1O. The van der Waals surface area contributed by atoms with Crippen molar-refractivity contribution in [2.45, 2.75) is 96.5 Å². The normalized spacial score (nSPS) is 27.8. The predicted molar refractivity (Wildman–Crippen MR) is 107 cm³/mol. The van der Waals surface area contributed by atoms with Gasteiger partial charge in [0.25, 0.3) is 0 Å². The Kier molecular flexibility index (Phi) is 9.45. The fourth-order valence-corrected chi connectivity index (χ4v) is 4.71. The number of carboxylic acids is 1. The molecule has 4 atom stereocenters. The summed E-state index contributed by atoms with van der Waals surface area (Å²) in [6.45, 7) is 2.26. The molecule has 3 heteroatoms. The molecular formula is C23H38O3. The van der Waals surface area contributed by atoms with E-state index in [1.165, 1.54) is 56.9 Å². The first-order valence-corrected chi connectivity index (χ1v) is 10.9. The lowest BCUT2D eigenvalue weighted by Gasteiger charge is -2.18. The first-order valence-electron chi connectivity index (χ1n) is 10.9. The van der Waals surface area contributed by atoms with Crippen LogP contribution in [-0.4, -0.2) is 22.3 Å². The highest BCUT2D eigenvalue weighted by Crippen LogP contribution is 2.48. The molecule has 0 aliphatic heterocycles. The number of hydrogen-bond donors (Lipinski definition) is 2. The van der Waals surface area contributed by atoms with Crippen LogP contribution in [0.25, 0.3) is 0 Å². The number of allylic oxidation sites excluding steroid dienone is 3. The highest BCUT2D eigenvalue weighted by molar-refractivity contribution is 5.67. The summed E-state index contributed by atoms with van der Waals surface area (Å²) < 4.78 is 0. The number of unbranched alkanes of at least 4 members (excludes halogenated alkanes) is 8. The predicted octanol–water partition coefficient (Wildman–Crippen LogP) is 5.88. The second kappa shape index (κ2) is 11.6. The molecule has 1 fully saturated rings. The molecule has 0 bridgehead atoms. The summed E-state index contributed by atoms with van der Waals surface area (Å²) >= 11 is 0. The van der Waals surface area contributed by atoms with Crippen LogP contribution >= 0.6 is 0 Å². The molecule has 2 aliphatic rings. The minimum atomic E-state index is -0.718. The van der Waals surface area contributed by atoms with Gasteiger partial charge in [0.05, 0.1) is 6.10 Å². The Labute approximate surface area is 159 Å². The van der Waals surface area contributed by atoms with E-state index in [1.54, 1.807) is 0 Å². The van der Waals surface area contributed by atoms with Crippen molar-refractivity contribution >= 4 is 5.97 Å². The van der Waals surface area contributed by atoms with Gasteiger partial charge in [-0.05, 0) is 43.9 Å². The molecule has 148 valence electrons. The van der Waals surface area contributed by atoms with Crippen molar-refractivity contribution in [1.82, 2.24) is 0 Å². The van der Waals surface area contributed by atoms with E-state index in [4.69, 9.17) is 5.11 Å². The number of aliphatic hydroxyl groups is 1. The fraction of sp³-hybridized carbons (Fsp3) is 0.783. The third kappa shape index (κ3) is 6.90. The molecule has 0 aromatic heterocycles. The molecule has 2 aliphatic carbocycles. The number of carboxylic acid groups (broad SMARTS) is 1. The molecule has 26 heavy (non-hydrogen) atoms. The van der Waals surface area contributed by atoms with Crippen LogP contribution < -0.4 is 0 Å². The molecule has 0 spiro atoms. The topological polar surface area (TPSA) is 57.5 Å². The molecule has 1 saturated carbocycles. The summed E-state index contributed by atoms with van der Waals surface area (Å²) in [4.78, 5) is 10.8. The summed E-state index contributed by atoms with van der Waals surface area (Å²) in [5, 5.41) is 19.2. The molecule has 0 aromatic rings. The first-order chi connectivity index (χ1) is 12.6. The number of carbonyl (C=O) groups is 1. The Bertz CT molecular complexity index is 480. The van der Waals surface area contributed by atoms with Crippen molar-refractivity contribution < 1.29 is 15.0 Å². The zero-order valence-electron chi connectivity index (χ0n) is 16.5. The highest BCUT2D eigenvalue weighted by Gasteiger charge is 2.43. The minimum absolute atomic E-state index is 0.225. The third-order valence-corrected chi connectivity index (χ3v) is 6.19. The number of fused-ring (bicyclic) bond motifs is 1. The lowest BCUT2D eigenvalue weighted by molar-refractivity contribution is -0.136. The summed E-state index contributed by atoms with van der Waals surface area (Å²) in [5.41, 5.74) is 1.29. The van der Waals surface area contributed by atoms with Crippen LogP contribution in [0.5, 0.6) is 0 Å². The van der Waals surface area contributed by atoms with Gasteiger partial charge < -0.3 is 10.2 Å². The van der Waals surface area contributed by atoms with E-state index in [1.807, 2.05) is 0 Å². The van der Waals surface area contributed by atoms with Gasteiger partial charge >= 0.3 is 5.97 Å². The lowest BCUT2D eigenvalue weighted by atomic mass is 9.88. The van der Waals surface area contributed by atoms with Gasteiger partial charge in [-0.3, -0.25) is 4.79 Å². The lowest BCUT2D eigenvalue weighted by Crippen LogP contribution is -2.17. The second-order valence-corrected chi connectivity index (χ2v) is 8.32. The average molecular weight is 363 g/mol. The van der Waals surface area contributed by atoms with Gasteiger partial charge in [0.2, 0.25) is 0 Å². The summed E-state index contributed by atoms with van der Waals surface area (Å²) in [6, 6.07) is 0. The molecule has 2 N–H and O–H groups in total. The van der Waals surface area contributed by atoms with Gasteiger partial charge in [0, 0.05) is 12.3 Å². The monoisotopic (exact) mass is 362 g/mol. The van der Waals surface area contributed by atoms with Gasteiger partial charge in [0.1, 0.15) is 0 Å². The zero-order chi connectivity index (χ0) is 18.8. The fourth-order valence-electron chi connectivity index (χ4n) is 4.71. The number of aliphatic hydroxyl groups excluding tert-OH is 1. The van der Waals surface area contributed by atoms with Crippen LogP contribution in [0, 0.1) is 17.8 Å². The Hall–Kier alpha value is -1.09. The van der Waals surface area contributed by atoms with Crippen molar-refractivity contribution in [2.24, 2.45) is 17.8 Å². The summed E-state index contributed by atoms with van der Waals surface area (Å²) in [5.74, 6) is 0.479. The van der Waals surface area contributed by atoms with Gasteiger partial charge in [-0.2, -0.15) is 0 Å². The van der Waals surface area contributed by atoms with E-state index in [2.05, 4.69) is 25.2 Å². The Morgan fingerprint density at radius 2 is 1.85 bits per heavy atom. The van der Waals surface area contributed by atoms with Gasteiger partial charge in [0.15, 0.2) is 0 Å². The summed E-state index contributed by atoms with van der Waals surface area (Å²) in [6.07, 6.45) is 21.2. The first kappa shape index (κ1) is 21.2. The summed E-state index contributed by atoms with van der Waals surface area (Å²) in [7, 11) is 0. The standard InChI is InChI=1S/C23H38O3/c1-2-3-4-5-6-7-8-9-10-11-12-20-21-16-18(13-14-23(25)26)15-19(21)17-22(20)24/h11-12,15,19-22,24H,2-10,13-14,16-17H2,1H3,(H,25,26)/t19-,20+,21-,22+/m0/s1. The van der Waals surface area contributed by atoms with Crippen molar-refractivity contribution in [2.75, 3.05) is 0 Å². The Morgan fingerprint density at radius 3 is 2.54 bits per heavy atom. The van der Waals surface area contributed by atoms with E-state index in [9.17, 15) is 9.90 Å². The van der Waals surface area contributed by atoms with Crippen LogP contribution in [0.3, 0.4) is 0 Å². The quantitative estimate of drug-likeness (QED) is 0.318. The molecule has 2 rings (SSSR count). The van der Waals surface area contributed by atoms with E-state index in [0.717, 1.165) is 19.3 Å². The smallest absolute Gasteiger partial charge is 0.303 e. The minimum Gasteiger partial charge on any atom is -0.481 e. The van der Waals surface area contributed by atoms with Crippen molar-refractivity contribution in [3.05, 3.63) is 23.8 Å². The van der Waals surface area contributed by atoms with Gasteiger partial charge in [-0.1, -0.05) is 75.7 Å². The Morgan fingerprint density at radius 1 is 1.15 bits per heavy atom. The third-order valence-electron chi connectivity index (χ3n) is 6.19. The molecule has 3 nitrogen and oxygen atoms in total.